The molecule has 0 saturated carbocycles. The monoisotopic (exact) mass is 379 g/mol. The van der Waals surface area contributed by atoms with Gasteiger partial charge in [-0.3, -0.25) is 9.78 Å². The van der Waals surface area contributed by atoms with Crippen LogP contribution in [0.15, 0.2) is 42.6 Å². The Kier molecular flexibility index (Phi) is 4.33. The molecule has 1 fully saturated rings. The third-order valence-corrected chi connectivity index (χ3v) is 5.75. The first-order valence-electron chi connectivity index (χ1n) is 9.71. The quantitative estimate of drug-likeness (QED) is 0.564. The number of halogens is 1. The molecular weight excluding hydrogens is 357 g/mol. The Bertz CT molecular complexity index is 1020. The Morgan fingerprint density at radius 3 is 3.00 bits per heavy atom. The maximum Gasteiger partial charge on any atom is 0.239 e. The van der Waals surface area contributed by atoms with Gasteiger partial charge in [0, 0.05) is 22.8 Å². The van der Waals surface area contributed by atoms with Gasteiger partial charge in [0.15, 0.2) is 0 Å². The van der Waals surface area contributed by atoms with Crippen LogP contribution in [0.4, 0.5) is 4.39 Å². The summed E-state index contributed by atoms with van der Waals surface area (Å²) in [6.45, 7) is 0. The second-order valence-electron chi connectivity index (χ2n) is 7.54. The molecule has 3 heterocycles. The Hall–Kier alpha value is -2.77. The van der Waals surface area contributed by atoms with Crippen LogP contribution in [0.25, 0.3) is 10.9 Å². The van der Waals surface area contributed by atoms with Gasteiger partial charge < -0.3 is 10.3 Å². The summed E-state index contributed by atoms with van der Waals surface area (Å²) in [6.07, 6.45) is 5.13. The largest absolute Gasteiger partial charge is 0.356 e. The number of benzene rings is 1. The van der Waals surface area contributed by atoms with E-state index in [0.29, 0.717) is 6.42 Å². The lowest BCUT2D eigenvalue weighted by Crippen LogP contribution is -2.45. The first-order valence-corrected chi connectivity index (χ1v) is 9.71. The standard InChI is InChI=1S/C21H22FN5O/c22-12-7-8-15-14(10-12)13-4-3-6-17(20(13)24-15)25-21(28)19-11-18(26-27-19)16-5-1-2-9-23-16/h1-2,5,7-10,17-19,24,26-27H,3-4,6,11H2,(H,25,28). The van der Waals surface area contributed by atoms with Crippen LogP contribution in [0.2, 0.25) is 0 Å². The van der Waals surface area contributed by atoms with E-state index in [-0.39, 0.29) is 29.8 Å². The SMILES string of the molecule is O=C(NC1CCCc2c1[nH]c1ccc(F)cc21)C1CC(c2ccccn2)NN1. The summed E-state index contributed by atoms with van der Waals surface area (Å²) in [5, 5.41) is 4.10. The van der Waals surface area contributed by atoms with Crippen LogP contribution in [0.3, 0.4) is 0 Å². The van der Waals surface area contributed by atoms with Crippen molar-refractivity contribution in [1.82, 2.24) is 26.1 Å². The molecule has 3 unspecified atom stereocenters. The number of aromatic nitrogens is 2. The van der Waals surface area contributed by atoms with E-state index in [0.717, 1.165) is 47.1 Å². The Balaban J connectivity index is 1.32. The zero-order valence-electron chi connectivity index (χ0n) is 15.3. The fraction of sp³-hybridized carbons (Fsp3) is 0.333. The molecule has 1 saturated heterocycles. The molecule has 1 aliphatic heterocycles. The van der Waals surface area contributed by atoms with E-state index in [9.17, 15) is 9.18 Å². The number of hydrogen-bond acceptors (Lipinski definition) is 4. The normalized spacial score (nSPS) is 24.2. The third kappa shape index (κ3) is 3.06. The minimum atomic E-state index is -0.320. The lowest BCUT2D eigenvalue weighted by Gasteiger charge is -2.25. The number of H-pyrrole nitrogens is 1. The molecule has 4 N–H and O–H groups in total. The highest BCUT2D eigenvalue weighted by Gasteiger charge is 2.33. The van der Waals surface area contributed by atoms with Gasteiger partial charge in [-0.2, -0.15) is 0 Å². The zero-order chi connectivity index (χ0) is 19.1. The number of amides is 1. The van der Waals surface area contributed by atoms with Gasteiger partial charge in [-0.15, -0.1) is 0 Å². The number of nitrogens with zero attached hydrogens (tertiary/aromatic N) is 1. The first kappa shape index (κ1) is 17.3. The van der Waals surface area contributed by atoms with Crippen molar-refractivity contribution in [2.24, 2.45) is 0 Å². The van der Waals surface area contributed by atoms with Crippen LogP contribution in [-0.4, -0.2) is 21.9 Å². The Morgan fingerprint density at radius 2 is 2.14 bits per heavy atom. The van der Waals surface area contributed by atoms with Crippen LogP contribution >= 0.6 is 0 Å². The average Bonchev–Trinajstić information content (AvgIpc) is 3.34. The third-order valence-electron chi connectivity index (χ3n) is 5.75. The number of carbonyl (C=O) groups is 1. The number of hydrogen-bond donors (Lipinski definition) is 4. The highest BCUT2D eigenvalue weighted by Crippen LogP contribution is 2.35. The van der Waals surface area contributed by atoms with Crippen molar-refractivity contribution in [2.75, 3.05) is 0 Å². The van der Waals surface area contributed by atoms with Crippen molar-refractivity contribution in [3.63, 3.8) is 0 Å². The summed E-state index contributed by atoms with van der Waals surface area (Å²) < 4.78 is 13.7. The van der Waals surface area contributed by atoms with E-state index >= 15 is 0 Å². The van der Waals surface area contributed by atoms with Gasteiger partial charge in [0.2, 0.25) is 5.91 Å². The zero-order valence-corrected chi connectivity index (χ0v) is 15.3. The molecular formula is C21H22FN5O. The highest BCUT2D eigenvalue weighted by atomic mass is 19.1. The molecule has 6 nitrogen and oxygen atoms in total. The fourth-order valence-corrected chi connectivity index (χ4v) is 4.36. The van der Waals surface area contributed by atoms with E-state index in [1.807, 2.05) is 18.2 Å². The molecule has 3 aromatic rings. The predicted molar refractivity (Wildman–Crippen MR) is 104 cm³/mol. The molecule has 2 aliphatic rings. The molecule has 144 valence electrons. The number of pyridine rings is 1. The second-order valence-corrected chi connectivity index (χ2v) is 7.54. The number of aryl methyl sites for hydroxylation is 1. The molecule has 3 atom stereocenters. The maximum atomic E-state index is 13.7. The molecule has 7 heteroatoms. The van der Waals surface area contributed by atoms with Crippen molar-refractivity contribution in [1.29, 1.82) is 0 Å². The van der Waals surface area contributed by atoms with E-state index in [2.05, 4.69) is 26.1 Å². The van der Waals surface area contributed by atoms with Crippen LogP contribution < -0.4 is 16.2 Å². The molecule has 5 rings (SSSR count). The smallest absolute Gasteiger partial charge is 0.239 e. The van der Waals surface area contributed by atoms with Crippen LogP contribution in [0.1, 0.15) is 48.3 Å². The van der Waals surface area contributed by atoms with Crippen molar-refractivity contribution in [3.8, 4) is 0 Å². The molecule has 1 aromatic carbocycles. The van der Waals surface area contributed by atoms with E-state index < -0.39 is 0 Å². The second kappa shape index (κ2) is 7.00. The number of aromatic amines is 1. The van der Waals surface area contributed by atoms with Gasteiger partial charge in [-0.05, 0) is 61.6 Å². The summed E-state index contributed by atoms with van der Waals surface area (Å²) in [4.78, 5) is 20.6. The fourth-order valence-electron chi connectivity index (χ4n) is 4.36. The predicted octanol–water partition coefficient (Wildman–Crippen LogP) is 2.80. The summed E-state index contributed by atoms with van der Waals surface area (Å²) in [5.74, 6) is -0.268. The lowest BCUT2D eigenvalue weighted by atomic mass is 9.91. The summed E-state index contributed by atoms with van der Waals surface area (Å²) in [7, 11) is 0. The van der Waals surface area contributed by atoms with Gasteiger partial charge in [0.1, 0.15) is 11.9 Å². The Morgan fingerprint density at radius 1 is 1.21 bits per heavy atom. The average molecular weight is 379 g/mol. The summed E-state index contributed by atoms with van der Waals surface area (Å²) in [6, 6.07) is 10.2. The van der Waals surface area contributed by atoms with E-state index in [1.54, 1.807) is 18.3 Å². The maximum absolute atomic E-state index is 13.7. The van der Waals surface area contributed by atoms with Gasteiger partial charge in [0.05, 0.1) is 17.8 Å². The number of hydrazine groups is 1. The first-order chi connectivity index (χ1) is 13.7. The molecule has 1 aliphatic carbocycles. The molecule has 0 spiro atoms. The number of rotatable bonds is 3. The molecule has 0 bridgehead atoms. The Labute approximate surface area is 161 Å². The molecule has 2 aromatic heterocycles. The van der Waals surface area contributed by atoms with Gasteiger partial charge in [0.25, 0.3) is 0 Å². The highest BCUT2D eigenvalue weighted by molar-refractivity contribution is 5.86. The summed E-state index contributed by atoms with van der Waals surface area (Å²) in [5.41, 5.74) is 10.2. The van der Waals surface area contributed by atoms with Crippen molar-refractivity contribution < 1.29 is 9.18 Å². The van der Waals surface area contributed by atoms with E-state index in [4.69, 9.17) is 0 Å². The molecule has 1 amide bonds. The van der Waals surface area contributed by atoms with Crippen LogP contribution in [0, 0.1) is 5.82 Å². The number of carbonyl (C=O) groups excluding carboxylic acids is 1. The van der Waals surface area contributed by atoms with Crippen molar-refractivity contribution >= 4 is 16.8 Å². The minimum absolute atomic E-state index is 0.00918. The molecule has 28 heavy (non-hydrogen) atoms. The van der Waals surface area contributed by atoms with Gasteiger partial charge >= 0.3 is 0 Å². The van der Waals surface area contributed by atoms with Gasteiger partial charge in [-0.25, -0.2) is 15.2 Å². The van der Waals surface area contributed by atoms with Gasteiger partial charge in [-0.1, -0.05) is 6.07 Å². The van der Waals surface area contributed by atoms with Crippen LogP contribution in [0.5, 0.6) is 0 Å². The minimum Gasteiger partial charge on any atom is -0.356 e. The van der Waals surface area contributed by atoms with Crippen LogP contribution in [-0.2, 0) is 11.2 Å². The molecule has 0 radical (unpaired) electrons. The summed E-state index contributed by atoms with van der Waals surface area (Å²) >= 11 is 0. The lowest BCUT2D eigenvalue weighted by molar-refractivity contribution is -0.123. The number of fused-ring (bicyclic) bond motifs is 3. The van der Waals surface area contributed by atoms with Crippen molar-refractivity contribution in [3.05, 3.63) is 65.4 Å². The van der Waals surface area contributed by atoms with Crippen molar-refractivity contribution in [2.45, 2.75) is 43.8 Å². The number of nitrogens with one attached hydrogen (secondary N) is 4. The topological polar surface area (TPSA) is 81.8 Å². The van der Waals surface area contributed by atoms with E-state index in [1.165, 1.54) is 6.07 Å².